The van der Waals surface area contributed by atoms with Crippen molar-refractivity contribution in [3.63, 3.8) is 0 Å². The molecule has 1 saturated heterocycles. The molecule has 3 rings (SSSR count). The fraction of sp³-hybridized carbons (Fsp3) is 0.500. The molecule has 2 unspecified atom stereocenters. The van der Waals surface area contributed by atoms with Crippen molar-refractivity contribution >= 4 is 40.1 Å². The predicted molar refractivity (Wildman–Crippen MR) is 159 cm³/mol. The molecule has 0 aliphatic carbocycles. The summed E-state index contributed by atoms with van der Waals surface area (Å²) >= 11 is 0. The molecule has 0 radical (unpaired) electrons. The van der Waals surface area contributed by atoms with E-state index in [0.717, 1.165) is 51.4 Å². The van der Waals surface area contributed by atoms with Crippen LogP contribution in [-0.2, 0) is 21.4 Å². The van der Waals surface area contributed by atoms with E-state index in [4.69, 9.17) is 9.84 Å². The second-order valence-electron chi connectivity index (χ2n) is 10.0. The van der Waals surface area contributed by atoms with E-state index in [9.17, 15) is 18.0 Å². The maximum absolute atomic E-state index is 12.3. The number of amides is 2. The molecule has 0 aromatic heterocycles. The standard InChI is InChI=1S/C28H40N4O6S.ClH/c1-3-4-6-24-19-23(30-28(35)29-17-5-7-27(33)34)16-18-32(24)20-21-8-12-25(13-9-21)38-26-14-10-22(11-15-26)31-39(2,36)37;/h8-15,23-24,31H,3-7,16-20H2,1-2H3,(H,33,34)(H2,29,30,35);1H. The summed E-state index contributed by atoms with van der Waals surface area (Å²) in [6.45, 7) is 4.22. The molecule has 2 aromatic rings. The van der Waals surface area contributed by atoms with Crippen molar-refractivity contribution < 1.29 is 27.9 Å². The molecule has 0 saturated carbocycles. The molecule has 4 N–H and O–H groups in total. The smallest absolute Gasteiger partial charge is 0.315 e. The van der Waals surface area contributed by atoms with E-state index < -0.39 is 16.0 Å². The topological polar surface area (TPSA) is 137 Å². The van der Waals surface area contributed by atoms with Crippen LogP contribution in [0.15, 0.2) is 48.5 Å². The van der Waals surface area contributed by atoms with Gasteiger partial charge < -0.3 is 20.5 Å². The number of carboxylic acids is 1. The van der Waals surface area contributed by atoms with Gasteiger partial charge >= 0.3 is 12.0 Å². The molecule has 2 amide bonds. The Hall–Kier alpha value is -3.02. The third-order valence-corrected chi connectivity index (χ3v) is 7.23. The number of halogens is 1. The fourth-order valence-corrected chi connectivity index (χ4v) is 5.26. The Bertz CT molecular complexity index is 1180. The second kappa shape index (κ2) is 16.3. The zero-order chi connectivity index (χ0) is 28.3. The lowest BCUT2D eigenvalue weighted by Gasteiger charge is -2.40. The summed E-state index contributed by atoms with van der Waals surface area (Å²) in [4.78, 5) is 25.4. The molecule has 1 fully saturated rings. The fourth-order valence-electron chi connectivity index (χ4n) is 4.70. The van der Waals surface area contributed by atoms with Crippen LogP contribution < -0.4 is 20.1 Å². The minimum atomic E-state index is -3.32. The Balaban J connectivity index is 0.00000560. The third-order valence-electron chi connectivity index (χ3n) is 6.62. The molecule has 40 heavy (non-hydrogen) atoms. The van der Waals surface area contributed by atoms with Gasteiger partial charge in [0.2, 0.25) is 10.0 Å². The predicted octanol–water partition coefficient (Wildman–Crippen LogP) is 4.96. The van der Waals surface area contributed by atoms with Gasteiger partial charge in [0.05, 0.1) is 6.26 Å². The average molecular weight is 597 g/mol. The maximum atomic E-state index is 12.3. The number of rotatable bonds is 14. The van der Waals surface area contributed by atoms with E-state index >= 15 is 0 Å². The summed E-state index contributed by atoms with van der Waals surface area (Å²) in [6, 6.07) is 15.0. The highest BCUT2D eigenvalue weighted by molar-refractivity contribution is 7.92. The quantitative estimate of drug-likeness (QED) is 0.226. The van der Waals surface area contributed by atoms with Crippen LogP contribution in [0, 0.1) is 0 Å². The van der Waals surface area contributed by atoms with Crippen molar-refractivity contribution in [2.75, 3.05) is 24.1 Å². The number of hydrogen-bond donors (Lipinski definition) is 4. The van der Waals surface area contributed by atoms with Crippen LogP contribution in [0.1, 0.15) is 57.4 Å². The van der Waals surface area contributed by atoms with Crippen LogP contribution in [0.2, 0.25) is 0 Å². The van der Waals surface area contributed by atoms with Crippen LogP contribution in [-0.4, -0.2) is 61.9 Å². The molecule has 2 aromatic carbocycles. The maximum Gasteiger partial charge on any atom is 0.315 e. The first-order chi connectivity index (χ1) is 18.6. The molecule has 12 heteroatoms. The second-order valence-corrected chi connectivity index (χ2v) is 11.8. The molecule has 1 heterocycles. The van der Waals surface area contributed by atoms with E-state index in [2.05, 4.69) is 39.3 Å². The number of likely N-dealkylation sites (tertiary alicyclic amines) is 1. The van der Waals surface area contributed by atoms with Crippen molar-refractivity contribution in [2.45, 2.75) is 70.5 Å². The van der Waals surface area contributed by atoms with Crippen LogP contribution in [0.25, 0.3) is 0 Å². The van der Waals surface area contributed by atoms with Gasteiger partial charge in [-0.1, -0.05) is 31.9 Å². The van der Waals surface area contributed by atoms with Gasteiger partial charge in [0, 0.05) is 43.8 Å². The number of carbonyl (C=O) groups excluding carboxylic acids is 1. The minimum absolute atomic E-state index is 0. The Morgan fingerprint density at radius 1 is 1.05 bits per heavy atom. The van der Waals surface area contributed by atoms with Gasteiger partial charge in [0.15, 0.2) is 0 Å². The highest BCUT2D eigenvalue weighted by Gasteiger charge is 2.29. The summed E-state index contributed by atoms with van der Waals surface area (Å²) < 4.78 is 31.1. The number of aliphatic carboxylic acids is 1. The first kappa shape index (κ1) is 33.2. The van der Waals surface area contributed by atoms with E-state index in [1.807, 2.05) is 12.1 Å². The molecule has 2 atom stereocenters. The van der Waals surface area contributed by atoms with Gasteiger partial charge in [-0.05, 0) is 67.6 Å². The van der Waals surface area contributed by atoms with Crippen molar-refractivity contribution in [3.05, 3.63) is 54.1 Å². The van der Waals surface area contributed by atoms with Crippen LogP contribution in [0.5, 0.6) is 11.5 Å². The first-order valence-corrected chi connectivity index (χ1v) is 15.4. The molecule has 10 nitrogen and oxygen atoms in total. The summed E-state index contributed by atoms with van der Waals surface area (Å²) in [5.74, 6) is 0.450. The van der Waals surface area contributed by atoms with Gasteiger partial charge in [-0.2, -0.15) is 0 Å². The molecule has 1 aliphatic heterocycles. The van der Waals surface area contributed by atoms with E-state index in [0.29, 0.717) is 36.2 Å². The number of anilines is 1. The van der Waals surface area contributed by atoms with Crippen molar-refractivity contribution in [1.29, 1.82) is 0 Å². The van der Waals surface area contributed by atoms with Crippen molar-refractivity contribution in [2.24, 2.45) is 0 Å². The molecular formula is C28H41ClN4O6S. The lowest BCUT2D eigenvalue weighted by atomic mass is 9.93. The number of nitrogens with one attached hydrogen (secondary N) is 3. The van der Waals surface area contributed by atoms with Crippen molar-refractivity contribution in [3.8, 4) is 11.5 Å². The Labute approximate surface area is 243 Å². The molecule has 0 bridgehead atoms. The monoisotopic (exact) mass is 596 g/mol. The van der Waals surface area contributed by atoms with Gasteiger partial charge in [-0.3, -0.25) is 14.4 Å². The summed E-state index contributed by atoms with van der Waals surface area (Å²) in [6.07, 6.45) is 6.62. The lowest BCUT2D eigenvalue weighted by molar-refractivity contribution is -0.137. The largest absolute Gasteiger partial charge is 0.481 e. The van der Waals surface area contributed by atoms with Gasteiger partial charge in [-0.25, -0.2) is 13.2 Å². The Morgan fingerprint density at radius 2 is 1.70 bits per heavy atom. The minimum Gasteiger partial charge on any atom is -0.481 e. The number of unbranched alkanes of at least 4 members (excludes halogenated alkanes) is 1. The van der Waals surface area contributed by atoms with Crippen LogP contribution in [0.4, 0.5) is 10.5 Å². The number of carboxylic acid groups (broad SMARTS) is 1. The number of urea groups is 1. The number of sulfonamides is 1. The molecule has 222 valence electrons. The van der Waals surface area contributed by atoms with E-state index in [1.165, 1.54) is 5.56 Å². The van der Waals surface area contributed by atoms with Crippen LogP contribution in [0.3, 0.4) is 0 Å². The van der Waals surface area contributed by atoms with Crippen LogP contribution >= 0.6 is 12.4 Å². The highest BCUT2D eigenvalue weighted by atomic mass is 35.5. The number of nitrogens with zero attached hydrogens (tertiary/aromatic N) is 1. The first-order valence-electron chi connectivity index (χ1n) is 13.5. The van der Waals surface area contributed by atoms with E-state index in [-0.39, 0.29) is 30.9 Å². The van der Waals surface area contributed by atoms with Gasteiger partial charge in [-0.15, -0.1) is 12.4 Å². The number of carbonyl (C=O) groups is 2. The number of hydrogen-bond acceptors (Lipinski definition) is 6. The highest BCUT2D eigenvalue weighted by Crippen LogP contribution is 2.27. The Kier molecular flexibility index (Phi) is 13.5. The SMILES string of the molecule is CCCCC1CC(NC(=O)NCCCC(=O)O)CCN1Cc1ccc(Oc2ccc(NS(C)(=O)=O)cc2)cc1.Cl. The lowest BCUT2D eigenvalue weighted by Crippen LogP contribution is -2.51. The van der Waals surface area contributed by atoms with Crippen molar-refractivity contribution in [1.82, 2.24) is 15.5 Å². The zero-order valence-electron chi connectivity index (χ0n) is 23.1. The molecular weight excluding hydrogens is 556 g/mol. The van der Waals surface area contributed by atoms with E-state index in [1.54, 1.807) is 24.3 Å². The Morgan fingerprint density at radius 3 is 2.30 bits per heavy atom. The number of piperidine rings is 1. The molecule has 1 aliphatic rings. The average Bonchev–Trinajstić information content (AvgIpc) is 2.88. The normalized spacial score (nSPS) is 17.4. The summed E-state index contributed by atoms with van der Waals surface area (Å²) in [7, 11) is -3.32. The van der Waals surface area contributed by atoms with Gasteiger partial charge in [0.25, 0.3) is 0 Å². The van der Waals surface area contributed by atoms with Gasteiger partial charge in [0.1, 0.15) is 11.5 Å². The third kappa shape index (κ3) is 12.0. The zero-order valence-corrected chi connectivity index (χ0v) is 24.7. The summed E-state index contributed by atoms with van der Waals surface area (Å²) in [5, 5.41) is 14.6. The number of benzene rings is 2. The molecule has 0 spiro atoms. The number of ether oxygens (including phenoxy) is 1. The summed E-state index contributed by atoms with van der Waals surface area (Å²) in [5.41, 5.74) is 1.66.